The van der Waals surface area contributed by atoms with Gasteiger partial charge >= 0.3 is 0 Å². The minimum absolute atomic E-state index is 0.279. The standard InChI is InChI=1S/C22H32OSi/c1-6-8-10-15-19-17-13-11-12-14-18(17)21(22(19)23)20(16-9-7-2)24(3,4)5/h11-15H,6-10,16H2,1-5H3/b19-15+,21-20+. The van der Waals surface area contributed by atoms with Gasteiger partial charge in [0.15, 0.2) is 5.78 Å². The average Bonchev–Trinajstić information content (AvgIpc) is 2.80. The lowest BCUT2D eigenvalue weighted by Gasteiger charge is -2.24. The normalized spacial score (nSPS) is 18.2. The number of unbranched alkanes of at least 4 members (excludes halogenated alkanes) is 3. The first-order valence-corrected chi connectivity index (χ1v) is 13.0. The van der Waals surface area contributed by atoms with E-state index in [1.165, 1.54) is 30.0 Å². The summed E-state index contributed by atoms with van der Waals surface area (Å²) < 4.78 is 0. The number of allylic oxidation sites excluding steroid dienone is 4. The first kappa shape index (κ1) is 18.9. The van der Waals surface area contributed by atoms with Crippen molar-refractivity contribution in [3.05, 3.63) is 46.7 Å². The summed E-state index contributed by atoms with van der Waals surface area (Å²) in [6.07, 6.45) is 8.91. The van der Waals surface area contributed by atoms with Crippen molar-refractivity contribution in [3.8, 4) is 0 Å². The molecule has 2 rings (SSSR count). The monoisotopic (exact) mass is 340 g/mol. The molecule has 1 aromatic rings. The molecule has 0 heterocycles. The van der Waals surface area contributed by atoms with E-state index in [9.17, 15) is 4.79 Å². The van der Waals surface area contributed by atoms with Gasteiger partial charge in [0.2, 0.25) is 0 Å². The minimum atomic E-state index is -1.54. The number of hydrogen-bond donors (Lipinski definition) is 0. The van der Waals surface area contributed by atoms with Crippen LogP contribution in [0.5, 0.6) is 0 Å². The zero-order chi connectivity index (χ0) is 17.7. The third-order valence-electron chi connectivity index (χ3n) is 4.85. The zero-order valence-electron chi connectivity index (χ0n) is 16.0. The molecule has 0 unspecified atom stereocenters. The molecular weight excluding hydrogens is 308 g/mol. The highest BCUT2D eigenvalue weighted by Gasteiger charge is 2.35. The smallest absolute Gasteiger partial charge is 0.193 e. The molecule has 0 atom stereocenters. The van der Waals surface area contributed by atoms with E-state index in [-0.39, 0.29) is 5.78 Å². The molecular formula is C22H32OSi. The third kappa shape index (κ3) is 3.97. The van der Waals surface area contributed by atoms with Crippen LogP contribution in [0.4, 0.5) is 0 Å². The number of hydrogen-bond acceptors (Lipinski definition) is 1. The number of benzene rings is 1. The fourth-order valence-electron chi connectivity index (χ4n) is 3.50. The van der Waals surface area contributed by atoms with Gasteiger partial charge in [0.1, 0.15) is 0 Å². The predicted octanol–water partition coefficient (Wildman–Crippen LogP) is 6.66. The summed E-state index contributed by atoms with van der Waals surface area (Å²) in [5, 5.41) is 1.46. The van der Waals surface area contributed by atoms with Gasteiger partial charge in [0.25, 0.3) is 0 Å². The van der Waals surface area contributed by atoms with Crippen LogP contribution in [-0.2, 0) is 4.79 Å². The van der Waals surface area contributed by atoms with Crippen LogP contribution in [0.15, 0.2) is 35.5 Å². The lowest BCUT2D eigenvalue weighted by Crippen LogP contribution is -2.26. The molecule has 0 saturated heterocycles. The Morgan fingerprint density at radius 3 is 2.21 bits per heavy atom. The zero-order valence-corrected chi connectivity index (χ0v) is 17.0. The molecule has 24 heavy (non-hydrogen) atoms. The Morgan fingerprint density at radius 2 is 1.62 bits per heavy atom. The summed E-state index contributed by atoms with van der Waals surface area (Å²) in [7, 11) is -1.54. The average molecular weight is 341 g/mol. The van der Waals surface area contributed by atoms with Gasteiger partial charge in [-0.05, 0) is 24.0 Å². The fourth-order valence-corrected chi connectivity index (χ4v) is 5.42. The Hall–Kier alpha value is -1.41. The van der Waals surface area contributed by atoms with Gasteiger partial charge in [-0.2, -0.15) is 0 Å². The van der Waals surface area contributed by atoms with Crippen LogP contribution in [0.3, 0.4) is 0 Å². The Bertz CT molecular complexity index is 659. The van der Waals surface area contributed by atoms with Crippen LogP contribution in [0.25, 0.3) is 11.1 Å². The van der Waals surface area contributed by atoms with Gasteiger partial charge in [0, 0.05) is 11.1 Å². The molecule has 1 nitrogen and oxygen atoms in total. The number of carbonyl (C=O) groups is 1. The molecule has 0 spiro atoms. The van der Waals surface area contributed by atoms with Gasteiger partial charge in [-0.3, -0.25) is 4.79 Å². The molecule has 0 fully saturated rings. The van der Waals surface area contributed by atoms with E-state index in [4.69, 9.17) is 0 Å². The van der Waals surface area contributed by atoms with Crippen LogP contribution < -0.4 is 0 Å². The van der Waals surface area contributed by atoms with Crippen molar-refractivity contribution in [1.82, 2.24) is 0 Å². The maximum atomic E-state index is 13.3. The van der Waals surface area contributed by atoms with Crippen molar-refractivity contribution < 1.29 is 4.79 Å². The molecule has 2 heteroatoms. The molecule has 0 aromatic heterocycles. The van der Waals surface area contributed by atoms with E-state index in [0.29, 0.717) is 0 Å². The highest BCUT2D eigenvalue weighted by atomic mass is 28.3. The van der Waals surface area contributed by atoms with Crippen molar-refractivity contribution in [3.63, 3.8) is 0 Å². The Morgan fingerprint density at radius 1 is 1.00 bits per heavy atom. The first-order valence-electron chi connectivity index (χ1n) is 9.50. The molecule has 1 aliphatic rings. The highest BCUT2D eigenvalue weighted by Crippen LogP contribution is 2.42. The number of Topliss-reactive ketones (excluding diaryl/α,β-unsaturated/α-hetero) is 1. The van der Waals surface area contributed by atoms with Gasteiger partial charge in [-0.15, -0.1) is 0 Å². The SMILES string of the molecule is CCCC/C=C1/C(=O)/C(=C(\CCCC)[Si](C)(C)C)c2ccccc21. The molecule has 0 N–H and O–H groups in total. The number of ketones is 1. The third-order valence-corrected chi connectivity index (χ3v) is 7.16. The van der Waals surface area contributed by atoms with E-state index in [2.05, 4.69) is 63.8 Å². The second-order valence-electron chi connectivity index (χ2n) is 7.84. The van der Waals surface area contributed by atoms with Crippen LogP contribution >= 0.6 is 0 Å². The van der Waals surface area contributed by atoms with E-state index >= 15 is 0 Å². The maximum Gasteiger partial charge on any atom is 0.193 e. The first-order chi connectivity index (χ1) is 11.4. The molecule has 0 amide bonds. The van der Waals surface area contributed by atoms with Crippen LogP contribution in [0.2, 0.25) is 19.6 Å². The van der Waals surface area contributed by atoms with E-state index in [1.54, 1.807) is 0 Å². The van der Waals surface area contributed by atoms with Crippen molar-refractivity contribution in [2.24, 2.45) is 0 Å². The highest BCUT2D eigenvalue weighted by molar-refractivity contribution is 6.85. The summed E-state index contributed by atoms with van der Waals surface area (Å²) in [6.45, 7) is 11.5. The van der Waals surface area contributed by atoms with Crippen molar-refractivity contribution >= 4 is 25.0 Å². The Balaban J connectivity index is 2.59. The van der Waals surface area contributed by atoms with E-state index in [0.717, 1.165) is 36.0 Å². The lowest BCUT2D eigenvalue weighted by molar-refractivity contribution is -0.108. The minimum Gasteiger partial charge on any atom is -0.289 e. The molecule has 0 radical (unpaired) electrons. The maximum absolute atomic E-state index is 13.3. The van der Waals surface area contributed by atoms with Crippen molar-refractivity contribution in [2.45, 2.75) is 72.0 Å². The quantitative estimate of drug-likeness (QED) is 0.308. The largest absolute Gasteiger partial charge is 0.289 e. The summed E-state index contributed by atoms with van der Waals surface area (Å²) in [5.41, 5.74) is 4.32. The second kappa shape index (κ2) is 8.11. The fraction of sp³-hybridized carbons (Fsp3) is 0.500. The Kier molecular flexibility index (Phi) is 6.39. The van der Waals surface area contributed by atoms with Crippen molar-refractivity contribution in [2.75, 3.05) is 0 Å². The number of carbonyl (C=O) groups excluding carboxylic acids is 1. The molecule has 130 valence electrons. The van der Waals surface area contributed by atoms with E-state index in [1.807, 2.05) is 0 Å². The van der Waals surface area contributed by atoms with Crippen LogP contribution in [-0.4, -0.2) is 13.9 Å². The van der Waals surface area contributed by atoms with Gasteiger partial charge < -0.3 is 0 Å². The molecule has 1 aliphatic carbocycles. The number of rotatable bonds is 7. The van der Waals surface area contributed by atoms with Crippen molar-refractivity contribution in [1.29, 1.82) is 0 Å². The lowest BCUT2D eigenvalue weighted by atomic mass is 10.0. The Labute approximate surface area is 148 Å². The van der Waals surface area contributed by atoms with E-state index < -0.39 is 8.07 Å². The van der Waals surface area contributed by atoms with Gasteiger partial charge in [-0.25, -0.2) is 0 Å². The molecule has 1 aromatic carbocycles. The summed E-state index contributed by atoms with van der Waals surface area (Å²) in [6, 6.07) is 8.40. The van der Waals surface area contributed by atoms with Gasteiger partial charge in [-0.1, -0.05) is 94.7 Å². The summed E-state index contributed by atoms with van der Waals surface area (Å²) in [5.74, 6) is 0.279. The van der Waals surface area contributed by atoms with Crippen LogP contribution in [0.1, 0.15) is 63.5 Å². The molecule has 0 aliphatic heterocycles. The number of fused-ring (bicyclic) bond motifs is 1. The van der Waals surface area contributed by atoms with Crippen LogP contribution in [0, 0.1) is 0 Å². The summed E-state index contributed by atoms with van der Waals surface area (Å²) in [4.78, 5) is 13.3. The second-order valence-corrected chi connectivity index (χ2v) is 12.9. The molecule has 0 bridgehead atoms. The molecule has 0 saturated carbocycles. The topological polar surface area (TPSA) is 17.1 Å². The predicted molar refractivity (Wildman–Crippen MR) is 109 cm³/mol. The summed E-state index contributed by atoms with van der Waals surface area (Å²) >= 11 is 0. The van der Waals surface area contributed by atoms with Gasteiger partial charge in [0.05, 0.1) is 8.07 Å².